The van der Waals surface area contributed by atoms with Crippen molar-refractivity contribution in [3.05, 3.63) is 52.4 Å². The SMILES string of the molecule is CCCN(CCCS(=O)(=O)[O-])C1=CC(=O)/C(=N/Nc2ccc([N+](=O)[O-])cn2)C=C1.[Na+]. The van der Waals surface area contributed by atoms with E-state index in [-0.39, 0.29) is 59.0 Å². The Labute approximate surface area is 196 Å². The van der Waals surface area contributed by atoms with E-state index in [0.717, 1.165) is 12.6 Å². The number of nitro groups is 1. The van der Waals surface area contributed by atoms with E-state index in [1.807, 2.05) is 11.8 Å². The maximum atomic E-state index is 12.3. The van der Waals surface area contributed by atoms with Crippen molar-refractivity contribution in [3.63, 3.8) is 0 Å². The summed E-state index contributed by atoms with van der Waals surface area (Å²) in [5.41, 5.74) is 3.13. The second-order valence-corrected chi connectivity index (χ2v) is 7.66. The number of carbonyl (C=O) groups excluding carboxylic acids is 1. The first kappa shape index (κ1) is 25.9. The van der Waals surface area contributed by atoms with E-state index in [9.17, 15) is 27.9 Å². The van der Waals surface area contributed by atoms with Crippen molar-refractivity contribution in [3.8, 4) is 0 Å². The molecule has 0 saturated heterocycles. The molecule has 0 saturated carbocycles. The Morgan fingerprint density at radius 1 is 1.27 bits per heavy atom. The minimum Gasteiger partial charge on any atom is -0.748 e. The van der Waals surface area contributed by atoms with Crippen molar-refractivity contribution in [2.45, 2.75) is 19.8 Å². The Morgan fingerprint density at radius 3 is 2.53 bits per heavy atom. The summed E-state index contributed by atoms with van der Waals surface area (Å²) in [6, 6.07) is 2.63. The van der Waals surface area contributed by atoms with E-state index in [1.54, 1.807) is 6.08 Å². The number of aromatic nitrogens is 1. The molecule has 0 amide bonds. The number of nitrogens with one attached hydrogen (secondary N) is 1. The van der Waals surface area contributed by atoms with E-state index < -0.39 is 20.8 Å². The first-order chi connectivity index (χ1) is 13.7. The molecule has 30 heavy (non-hydrogen) atoms. The summed E-state index contributed by atoms with van der Waals surface area (Å²) in [5, 5.41) is 14.6. The summed E-state index contributed by atoms with van der Waals surface area (Å²) in [5.74, 6) is -0.586. The van der Waals surface area contributed by atoms with Crippen LogP contribution in [-0.4, -0.2) is 58.1 Å². The maximum Gasteiger partial charge on any atom is 1.00 e. The van der Waals surface area contributed by atoms with Crippen LogP contribution >= 0.6 is 0 Å². The molecule has 0 aliphatic heterocycles. The second-order valence-electron chi connectivity index (χ2n) is 6.14. The minimum atomic E-state index is -4.28. The Hall–Kier alpha value is -2.12. The molecule has 13 heteroatoms. The van der Waals surface area contributed by atoms with Crippen LogP contribution in [0.15, 0.2) is 47.4 Å². The zero-order chi connectivity index (χ0) is 21.4. The Balaban J connectivity index is 0.00000450. The fourth-order valence-electron chi connectivity index (χ4n) is 2.54. The van der Waals surface area contributed by atoms with E-state index in [4.69, 9.17) is 0 Å². The molecule has 1 aliphatic rings. The van der Waals surface area contributed by atoms with Crippen LogP contribution in [-0.2, 0) is 14.9 Å². The Bertz CT molecular complexity index is 959. The van der Waals surface area contributed by atoms with Crippen LogP contribution in [0.3, 0.4) is 0 Å². The molecule has 0 bridgehead atoms. The molecule has 0 unspecified atom stereocenters. The minimum absolute atomic E-state index is 0. The molecular weight excluding hydrogens is 425 g/mol. The number of hydrogen-bond acceptors (Lipinski definition) is 10. The third-order valence-corrected chi connectivity index (χ3v) is 4.66. The quantitative estimate of drug-likeness (QED) is 0.148. The predicted octanol–water partition coefficient (Wildman–Crippen LogP) is -1.57. The smallest absolute Gasteiger partial charge is 0.748 e. The number of carbonyl (C=O) groups is 1. The summed E-state index contributed by atoms with van der Waals surface area (Å²) in [6.45, 7) is 2.87. The Kier molecular flexibility index (Phi) is 10.3. The van der Waals surface area contributed by atoms with Crippen molar-refractivity contribution in [1.82, 2.24) is 9.88 Å². The fraction of sp³-hybridized carbons (Fsp3) is 0.353. The molecule has 11 nitrogen and oxygen atoms in total. The molecule has 0 radical (unpaired) electrons. The van der Waals surface area contributed by atoms with Crippen LogP contribution in [0.4, 0.5) is 11.5 Å². The molecule has 1 aliphatic carbocycles. The molecule has 1 aromatic heterocycles. The average molecular weight is 445 g/mol. The first-order valence-corrected chi connectivity index (χ1v) is 10.3. The van der Waals surface area contributed by atoms with E-state index in [1.165, 1.54) is 24.3 Å². The van der Waals surface area contributed by atoms with E-state index in [2.05, 4.69) is 15.5 Å². The number of anilines is 1. The van der Waals surface area contributed by atoms with Gasteiger partial charge in [-0.1, -0.05) is 6.92 Å². The molecule has 0 atom stereocenters. The van der Waals surface area contributed by atoms with Crippen LogP contribution in [0.2, 0.25) is 0 Å². The van der Waals surface area contributed by atoms with Crippen molar-refractivity contribution in [2.24, 2.45) is 5.10 Å². The number of hydrazone groups is 1. The van der Waals surface area contributed by atoms with Gasteiger partial charge in [-0.05, 0) is 31.1 Å². The number of allylic oxidation sites excluding steroid dienone is 3. The van der Waals surface area contributed by atoms with Crippen LogP contribution in [0.25, 0.3) is 0 Å². The topological polar surface area (TPSA) is 158 Å². The number of ketones is 1. The zero-order valence-corrected chi connectivity index (χ0v) is 19.5. The number of rotatable bonds is 10. The van der Waals surface area contributed by atoms with Gasteiger partial charge in [-0.2, -0.15) is 5.10 Å². The normalized spacial score (nSPS) is 14.8. The zero-order valence-electron chi connectivity index (χ0n) is 16.6. The molecule has 2 rings (SSSR count). The van der Waals surface area contributed by atoms with Gasteiger partial charge in [0.1, 0.15) is 17.7 Å². The van der Waals surface area contributed by atoms with Gasteiger partial charge in [0.2, 0.25) is 5.78 Å². The van der Waals surface area contributed by atoms with Gasteiger partial charge in [0.15, 0.2) is 0 Å². The van der Waals surface area contributed by atoms with Gasteiger partial charge in [0, 0.05) is 36.7 Å². The van der Waals surface area contributed by atoms with Crippen LogP contribution in [0, 0.1) is 10.1 Å². The molecule has 0 spiro atoms. The second kappa shape index (κ2) is 11.9. The fourth-order valence-corrected chi connectivity index (χ4v) is 3.02. The van der Waals surface area contributed by atoms with Gasteiger partial charge < -0.3 is 9.45 Å². The standard InChI is InChI=1S/C17H21N5O6S.Na/c1-2-8-21(9-3-10-29(26,27)28)13-4-6-15(16(23)11-13)19-20-17-7-5-14(12-18-17)22(24)25;/h4-7,11-12H,2-3,8-10H2,1H3,(H,18,20)(H,26,27,28);/q;+1/p-1/b19-15+;. The summed E-state index contributed by atoms with van der Waals surface area (Å²) in [7, 11) is -4.28. The Morgan fingerprint density at radius 2 is 2.00 bits per heavy atom. The van der Waals surface area contributed by atoms with Crippen LogP contribution in [0.1, 0.15) is 19.8 Å². The van der Waals surface area contributed by atoms with Crippen LogP contribution in [0.5, 0.6) is 0 Å². The van der Waals surface area contributed by atoms with Crippen molar-refractivity contribution in [2.75, 3.05) is 24.3 Å². The van der Waals surface area contributed by atoms with Gasteiger partial charge in [0.25, 0.3) is 5.69 Å². The molecule has 156 valence electrons. The molecule has 1 aromatic rings. The van der Waals surface area contributed by atoms with Crippen molar-refractivity contribution < 1.29 is 52.2 Å². The van der Waals surface area contributed by atoms with Gasteiger partial charge in [-0.15, -0.1) is 0 Å². The monoisotopic (exact) mass is 445 g/mol. The molecule has 0 fully saturated rings. The van der Waals surface area contributed by atoms with Crippen LogP contribution < -0.4 is 35.0 Å². The molecule has 0 aromatic carbocycles. The maximum absolute atomic E-state index is 12.3. The molecular formula is C17H20N5NaO6S. The van der Waals surface area contributed by atoms with Crippen molar-refractivity contribution >= 4 is 33.1 Å². The van der Waals surface area contributed by atoms with Gasteiger partial charge in [-0.3, -0.25) is 20.3 Å². The van der Waals surface area contributed by atoms with Gasteiger partial charge in [-0.25, -0.2) is 13.4 Å². The number of pyridine rings is 1. The number of nitrogens with zero attached hydrogens (tertiary/aromatic N) is 4. The van der Waals surface area contributed by atoms with Gasteiger partial charge >= 0.3 is 29.6 Å². The number of hydrogen-bond donors (Lipinski definition) is 1. The summed E-state index contributed by atoms with van der Waals surface area (Å²) >= 11 is 0. The van der Waals surface area contributed by atoms with Crippen molar-refractivity contribution in [1.29, 1.82) is 0 Å². The summed E-state index contributed by atoms with van der Waals surface area (Å²) < 4.78 is 32.3. The third kappa shape index (κ3) is 8.32. The third-order valence-electron chi connectivity index (χ3n) is 3.87. The summed E-state index contributed by atoms with van der Waals surface area (Å²) in [4.78, 5) is 28.0. The summed E-state index contributed by atoms with van der Waals surface area (Å²) in [6.07, 6.45) is 6.57. The largest absolute Gasteiger partial charge is 1.00 e. The molecule has 1 heterocycles. The average Bonchev–Trinajstić information content (AvgIpc) is 2.65. The predicted molar refractivity (Wildman–Crippen MR) is 105 cm³/mol. The van der Waals surface area contributed by atoms with E-state index in [0.29, 0.717) is 18.8 Å². The first-order valence-electron chi connectivity index (χ1n) is 8.76. The molecule has 1 N–H and O–H groups in total. The van der Waals surface area contributed by atoms with Gasteiger partial charge in [0.05, 0.1) is 15.0 Å². The van der Waals surface area contributed by atoms with E-state index >= 15 is 0 Å².